The number of benzene rings is 1. The quantitative estimate of drug-likeness (QED) is 0.806. The molecule has 1 heterocycles. The lowest BCUT2D eigenvalue weighted by Gasteiger charge is -2.09. The second kappa shape index (κ2) is 6.35. The third-order valence-electron chi connectivity index (χ3n) is 2.52. The van der Waals surface area contributed by atoms with Crippen LogP contribution in [0.15, 0.2) is 39.8 Å². The molecule has 1 aromatic carbocycles. The van der Waals surface area contributed by atoms with Gasteiger partial charge in [-0.15, -0.1) is 0 Å². The molecule has 0 radical (unpaired) electrons. The topological polar surface area (TPSA) is 59.1 Å². The number of rotatable bonds is 4. The molecule has 0 fully saturated rings. The predicted octanol–water partition coefficient (Wildman–Crippen LogP) is 3.25. The number of nitrogens with one attached hydrogen (secondary N) is 1. The second-order valence-electron chi connectivity index (χ2n) is 4.00. The van der Waals surface area contributed by atoms with Crippen LogP contribution in [-0.4, -0.2) is 13.4 Å². The van der Waals surface area contributed by atoms with E-state index in [1.807, 2.05) is 0 Å². The molecule has 0 atom stereocenters. The molecule has 9 heteroatoms. The Labute approximate surface area is 133 Å². The van der Waals surface area contributed by atoms with Crippen LogP contribution in [0, 0.1) is 11.6 Å². The minimum absolute atomic E-state index is 0.113. The summed E-state index contributed by atoms with van der Waals surface area (Å²) in [6, 6.07) is 4.05. The van der Waals surface area contributed by atoms with Gasteiger partial charge in [-0.1, -0.05) is 11.6 Å². The third-order valence-corrected chi connectivity index (χ3v) is 4.78. The highest BCUT2D eigenvalue weighted by Gasteiger charge is 2.20. The van der Waals surface area contributed by atoms with Gasteiger partial charge in [-0.3, -0.25) is 0 Å². The fraction of sp³-hybridized carbons (Fsp3) is 0.0833. The number of hydrogen-bond acceptors (Lipinski definition) is 3. The summed E-state index contributed by atoms with van der Waals surface area (Å²) in [4.78, 5) is 3.44. The molecule has 0 aliphatic rings. The van der Waals surface area contributed by atoms with E-state index in [1.54, 1.807) is 0 Å². The molecule has 4 nitrogen and oxygen atoms in total. The van der Waals surface area contributed by atoms with Crippen LogP contribution in [-0.2, 0) is 16.6 Å². The molecular formula is C12H8BrClF2N2O2S. The van der Waals surface area contributed by atoms with Crippen molar-refractivity contribution in [1.29, 1.82) is 0 Å². The number of hydrogen-bond donors (Lipinski definition) is 1. The molecule has 0 spiro atoms. The SMILES string of the molecule is O=S(=O)(NCc1cc(F)ccc1F)c1cc(Br)cnc1Cl. The van der Waals surface area contributed by atoms with Gasteiger partial charge in [0.15, 0.2) is 0 Å². The summed E-state index contributed by atoms with van der Waals surface area (Å²) in [5.41, 5.74) is -0.113. The van der Waals surface area contributed by atoms with Crippen molar-refractivity contribution >= 4 is 37.6 Å². The molecule has 0 aliphatic carbocycles. The molecule has 21 heavy (non-hydrogen) atoms. The van der Waals surface area contributed by atoms with Gasteiger partial charge in [-0.2, -0.15) is 0 Å². The Kier molecular flexibility index (Phi) is 4.92. The zero-order valence-electron chi connectivity index (χ0n) is 10.3. The lowest BCUT2D eigenvalue weighted by molar-refractivity contribution is 0.566. The van der Waals surface area contributed by atoms with Gasteiger partial charge in [0.1, 0.15) is 21.7 Å². The Hall–Kier alpha value is -1.09. The summed E-state index contributed by atoms with van der Waals surface area (Å²) in [5.74, 6) is -1.37. The minimum atomic E-state index is -4.00. The summed E-state index contributed by atoms with van der Waals surface area (Å²) < 4.78 is 53.2. The van der Waals surface area contributed by atoms with E-state index >= 15 is 0 Å². The Morgan fingerprint density at radius 1 is 1.29 bits per heavy atom. The highest BCUT2D eigenvalue weighted by molar-refractivity contribution is 9.10. The Balaban J connectivity index is 2.26. The smallest absolute Gasteiger partial charge is 0.242 e. The number of nitrogens with zero attached hydrogens (tertiary/aromatic N) is 1. The van der Waals surface area contributed by atoms with Crippen molar-refractivity contribution in [3.8, 4) is 0 Å². The molecular weight excluding hydrogens is 390 g/mol. The average molecular weight is 398 g/mol. The van der Waals surface area contributed by atoms with Crippen LogP contribution in [0.3, 0.4) is 0 Å². The van der Waals surface area contributed by atoms with Crippen LogP contribution in [0.1, 0.15) is 5.56 Å². The largest absolute Gasteiger partial charge is 0.243 e. The minimum Gasteiger partial charge on any atom is -0.242 e. The summed E-state index contributed by atoms with van der Waals surface area (Å²) >= 11 is 8.82. The van der Waals surface area contributed by atoms with Crippen LogP contribution in [0.4, 0.5) is 8.78 Å². The first-order valence-corrected chi connectivity index (χ1v) is 8.19. The maximum absolute atomic E-state index is 13.4. The monoisotopic (exact) mass is 396 g/mol. The van der Waals surface area contributed by atoms with Gasteiger partial charge >= 0.3 is 0 Å². The predicted molar refractivity (Wildman–Crippen MR) is 77.3 cm³/mol. The van der Waals surface area contributed by atoms with E-state index in [4.69, 9.17) is 11.6 Å². The molecule has 0 saturated heterocycles. The fourth-order valence-electron chi connectivity index (χ4n) is 1.52. The maximum Gasteiger partial charge on any atom is 0.243 e. The van der Waals surface area contributed by atoms with Crippen molar-refractivity contribution in [2.75, 3.05) is 0 Å². The van der Waals surface area contributed by atoms with Gasteiger partial charge in [0.2, 0.25) is 10.0 Å². The van der Waals surface area contributed by atoms with E-state index in [9.17, 15) is 17.2 Å². The molecule has 2 aromatic rings. The van der Waals surface area contributed by atoms with Crippen molar-refractivity contribution in [1.82, 2.24) is 9.71 Å². The first kappa shape index (κ1) is 16.3. The Bertz CT molecular complexity index is 787. The molecule has 1 aromatic heterocycles. The zero-order valence-corrected chi connectivity index (χ0v) is 13.4. The summed E-state index contributed by atoms with van der Waals surface area (Å²) in [6.45, 7) is -0.408. The van der Waals surface area contributed by atoms with Crippen LogP contribution < -0.4 is 4.72 Å². The van der Waals surface area contributed by atoms with E-state index in [0.717, 1.165) is 18.2 Å². The molecule has 0 saturated carbocycles. The molecule has 0 aliphatic heterocycles. The molecule has 112 valence electrons. The van der Waals surface area contributed by atoms with Crippen molar-refractivity contribution in [2.45, 2.75) is 11.4 Å². The number of aromatic nitrogens is 1. The Morgan fingerprint density at radius 2 is 2.00 bits per heavy atom. The molecule has 0 amide bonds. The lowest BCUT2D eigenvalue weighted by atomic mass is 10.2. The fourth-order valence-corrected chi connectivity index (χ4v) is 3.47. The zero-order chi connectivity index (χ0) is 15.6. The first-order valence-electron chi connectivity index (χ1n) is 5.54. The number of halogens is 4. The average Bonchev–Trinajstić information content (AvgIpc) is 2.42. The lowest BCUT2D eigenvalue weighted by Crippen LogP contribution is -2.24. The van der Waals surface area contributed by atoms with Gasteiger partial charge in [-0.25, -0.2) is 26.9 Å². The number of pyridine rings is 1. The highest BCUT2D eigenvalue weighted by Crippen LogP contribution is 2.23. The van der Waals surface area contributed by atoms with Crippen molar-refractivity contribution in [2.24, 2.45) is 0 Å². The molecule has 2 rings (SSSR count). The molecule has 0 unspecified atom stereocenters. The van der Waals surface area contributed by atoms with Gasteiger partial charge in [0, 0.05) is 22.8 Å². The Morgan fingerprint density at radius 3 is 2.71 bits per heavy atom. The number of sulfonamides is 1. The van der Waals surface area contributed by atoms with Gasteiger partial charge in [0.25, 0.3) is 0 Å². The van der Waals surface area contributed by atoms with E-state index in [0.29, 0.717) is 4.47 Å². The van der Waals surface area contributed by atoms with Gasteiger partial charge < -0.3 is 0 Å². The highest BCUT2D eigenvalue weighted by atomic mass is 79.9. The van der Waals surface area contributed by atoms with Crippen LogP contribution in [0.5, 0.6) is 0 Å². The van der Waals surface area contributed by atoms with Crippen LogP contribution >= 0.6 is 27.5 Å². The van der Waals surface area contributed by atoms with Crippen molar-refractivity contribution < 1.29 is 17.2 Å². The molecule has 1 N–H and O–H groups in total. The van der Waals surface area contributed by atoms with E-state index in [-0.39, 0.29) is 15.6 Å². The van der Waals surface area contributed by atoms with Crippen LogP contribution in [0.25, 0.3) is 0 Å². The third kappa shape index (κ3) is 3.97. The second-order valence-corrected chi connectivity index (χ2v) is 7.01. The summed E-state index contributed by atoms with van der Waals surface area (Å²) in [7, 11) is -4.00. The van der Waals surface area contributed by atoms with Crippen molar-refractivity contribution in [3.63, 3.8) is 0 Å². The van der Waals surface area contributed by atoms with E-state index in [1.165, 1.54) is 12.3 Å². The maximum atomic E-state index is 13.4. The standard InChI is InChI=1S/C12H8BrClF2N2O2S/c13-8-4-11(12(14)17-6-8)21(19,20)18-5-7-3-9(15)1-2-10(7)16/h1-4,6,18H,5H2. The van der Waals surface area contributed by atoms with E-state index < -0.39 is 28.2 Å². The van der Waals surface area contributed by atoms with Crippen molar-refractivity contribution in [3.05, 3.63) is 57.3 Å². The van der Waals surface area contributed by atoms with Crippen LogP contribution in [0.2, 0.25) is 5.15 Å². The van der Waals surface area contributed by atoms with E-state index in [2.05, 4.69) is 25.6 Å². The summed E-state index contributed by atoms with van der Waals surface area (Å²) in [5, 5.41) is -0.217. The summed E-state index contributed by atoms with van der Waals surface area (Å²) in [6.07, 6.45) is 1.34. The first-order chi connectivity index (χ1) is 9.79. The van der Waals surface area contributed by atoms with Gasteiger partial charge in [0.05, 0.1) is 0 Å². The van der Waals surface area contributed by atoms with Gasteiger partial charge in [-0.05, 0) is 40.2 Å². The molecule has 0 bridgehead atoms. The normalized spacial score (nSPS) is 11.6.